The summed E-state index contributed by atoms with van der Waals surface area (Å²) in [5.41, 5.74) is -4.03. The number of nitrogens with zero attached hydrogens (tertiary/aromatic N) is 2. The molecule has 0 aliphatic heterocycles. The Kier molecular flexibility index (Phi) is 5.81. The maximum atomic E-state index is 13.3. The first-order valence-electron chi connectivity index (χ1n) is 6.62. The quantitative estimate of drug-likeness (QED) is 0.396. The van der Waals surface area contributed by atoms with Crippen molar-refractivity contribution in [3.63, 3.8) is 0 Å². The number of nitriles is 1. The van der Waals surface area contributed by atoms with Gasteiger partial charge in [0.1, 0.15) is 11.6 Å². The molecule has 2 aromatic rings. The summed E-state index contributed by atoms with van der Waals surface area (Å²) in [4.78, 5) is 18.1. The van der Waals surface area contributed by atoms with E-state index >= 15 is 0 Å². The summed E-state index contributed by atoms with van der Waals surface area (Å²) in [5, 5.41) is 9.11. The molecular weight excluding hydrogens is 468 g/mol. The summed E-state index contributed by atoms with van der Waals surface area (Å²) in [6.07, 6.45) is -9.06. The van der Waals surface area contributed by atoms with Gasteiger partial charge in [0, 0.05) is 5.56 Å². The number of rotatable bonds is 3. The average molecular weight is 474 g/mol. The number of alkyl halides is 6. The second kappa shape index (κ2) is 7.43. The molecule has 0 aliphatic carbocycles. The molecule has 1 heterocycles. The molecule has 13 heteroatoms. The molecule has 0 unspecified atom stereocenters. The summed E-state index contributed by atoms with van der Waals surface area (Å²) in [6.45, 7) is 0. The van der Waals surface area contributed by atoms with Gasteiger partial charge in [-0.05, 0) is 34.3 Å². The lowest BCUT2D eigenvalue weighted by Gasteiger charge is -2.18. The molecule has 0 spiro atoms. The highest BCUT2D eigenvalue weighted by molar-refractivity contribution is 9.10. The van der Waals surface area contributed by atoms with Crippen LogP contribution in [-0.4, -0.2) is 22.6 Å². The van der Waals surface area contributed by atoms with Gasteiger partial charge in [0.15, 0.2) is 10.9 Å². The lowest BCUT2D eigenvalue weighted by atomic mass is 10.0. The van der Waals surface area contributed by atoms with Crippen molar-refractivity contribution in [3.05, 3.63) is 38.1 Å². The van der Waals surface area contributed by atoms with Crippen LogP contribution in [-0.2, 0) is 6.18 Å². The van der Waals surface area contributed by atoms with Crippen LogP contribution in [0.5, 0.6) is 5.75 Å². The van der Waals surface area contributed by atoms with E-state index in [9.17, 15) is 31.1 Å². The number of ether oxygens (including phenoxy) is 1. The third-order valence-electron chi connectivity index (χ3n) is 3.04. The van der Waals surface area contributed by atoms with Gasteiger partial charge < -0.3 is 9.72 Å². The SMILES string of the molecule is CSc1nc(-c2cc(Br)c(OC(F)(F)F)c(C(F)(F)F)c2)c(C#N)c(=O)[nH]1. The number of hydrogen-bond acceptors (Lipinski definition) is 5. The molecule has 0 bridgehead atoms. The molecule has 1 aromatic carbocycles. The molecule has 27 heavy (non-hydrogen) atoms. The lowest BCUT2D eigenvalue weighted by Crippen LogP contribution is -2.21. The van der Waals surface area contributed by atoms with Gasteiger partial charge in [0.2, 0.25) is 0 Å². The highest BCUT2D eigenvalue weighted by Gasteiger charge is 2.41. The van der Waals surface area contributed by atoms with Crippen LogP contribution in [0, 0.1) is 11.3 Å². The summed E-state index contributed by atoms with van der Waals surface area (Å²) in [7, 11) is 0. The number of nitrogens with one attached hydrogen (secondary N) is 1. The number of aromatic nitrogens is 2. The lowest BCUT2D eigenvalue weighted by molar-refractivity contribution is -0.276. The minimum Gasteiger partial charge on any atom is -0.404 e. The molecular formula is C14H6BrF6N3O2S. The predicted molar refractivity (Wildman–Crippen MR) is 86.2 cm³/mol. The number of halogens is 7. The second-order valence-electron chi connectivity index (χ2n) is 4.79. The molecule has 0 radical (unpaired) electrons. The number of H-pyrrole nitrogens is 1. The zero-order valence-electron chi connectivity index (χ0n) is 12.9. The molecule has 0 amide bonds. The number of aromatic amines is 1. The van der Waals surface area contributed by atoms with E-state index in [0.717, 1.165) is 17.8 Å². The Bertz CT molecular complexity index is 981. The number of thioether (sulfide) groups is 1. The maximum absolute atomic E-state index is 13.3. The van der Waals surface area contributed by atoms with Crippen molar-refractivity contribution in [1.82, 2.24) is 9.97 Å². The van der Waals surface area contributed by atoms with Crippen LogP contribution < -0.4 is 10.3 Å². The van der Waals surface area contributed by atoms with E-state index in [1.54, 1.807) is 0 Å². The highest BCUT2D eigenvalue weighted by atomic mass is 79.9. The zero-order valence-corrected chi connectivity index (χ0v) is 15.3. The molecule has 144 valence electrons. The Morgan fingerprint density at radius 1 is 1.26 bits per heavy atom. The number of hydrogen-bond donors (Lipinski definition) is 1. The van der Waals surface area contributed by atoms with Gasteiger partial charge >= 0.3 is 12.5 Å². The molecule has 1 N–H and O–H groups in total. The van der Waals surface area contributed by atoms with Crippen molar-refractivity contribution < 1.29 is 31.1 Å². The fraction of sp³-hybridized carbons (Fsp3) is 0.214. The topological polar surface area (TPSA) is 78.8 Å². The van der Waals surface area contributed by atoms with Crippen LogP contribution >= 0.6 is 27.7 Å². The minimum atomic E-state index is -5.37. The molecule has 0 saturated carbocycles. The van der Waals surface area contributed by atoms with Gasteiger partial charge in [-0.1, -0.05) is 11.8 Å². The van der Waals surface area contributed by atoms with Crippen molar-refractivity contribution in [2.45, 2.75) is 17.7 Å². The molecule has 0 aliphatic rings. The van der Waals surface area contributed by atoms with E-state index in [0.29, 0.717) is 6.07 Å². The van der Waals surface area contributed by atoms with Gasteiger partial charge in [0.25, 0.3) is 5.56 Å². The fourth-order valence-corrected chi connectivity index (χ4v) is 2.94. The van der Waals surface area contributed by atoms with E-state index in [2.05, 4.69) is 30.6 Å². The smallest absolute Gasteiger partial charge is 0.404 e. The molecule has 0 fully saturated rings. The van der Waals surface area contributed by atoms with Gasteiger partial charge in [-0.15, -0.1) is 13.2 Å². The van der Waals surface area contributed by atoms with Crippen LogP contribution in [0.4, 0.5) is 26.3 Å². The fourth-order valence-electron chi connectivity index (χ4n) is 2.02. The van der Waals surface area contributed by atoms with E-state index in [1.165, 1.54) is 12.3 Å². The van der Waals surface area contributed by atoms with E-state index in [4.69, 9.17) is 5.26 Å². The first-order valence-corrected chi connectivity index (χ1v) is 8.64. The van der Waals surface area contributed by atoms with Crippen LogP contribution in [0.15, 0.2) is 26.6 Å². The predicted octanol–water partition coefficient (Wildman–Crippen LogP) is 4.71. The summed E-state index contributed by atoms with van der Waals surface area (Å²) in [5.74, 6) is -1.49. The Hall–Kier alpha value is -2.20. The van der Waals surface area contributed by atoms with Gasteiger partial charge in [-0.25, -0.2) is 4.98 Å². The standard InChI is InChI=1S/C14H6BrF6N3O2S/c1-27-12-23-9(6(4-22)11(25)24-12)5-2-7(13(16,17)18)10(8(15)3-5)26-14(19,20)21/h2-3H,1H3,(H,23,24,25). The Morgan fingerprint density at radius 3 is 2.37 bits per heavy atom. The van der Waals surface area contributed by atoms with Crippen LogP contribution in [0.2, 0.25) is 0 Å². The second-order valence-corrected chi connectivity index (χ2v) is 6.44. The third kappa shape index (κ3) is 4.75. The molecule has 2 rings (SSSR count). The van der Waals surface area contributed by atoms with Gasteiger partial charge in [-0.3, -0.25) is 4.79 Å². The first-order chi connectivity index (χ1) is 12.4. The molecule has 0 saturated heterocycles. The largest absolute Gasteiger partial charge is 0.573 e. The minimum absolute atomic E-state index is 0.00861. The van der Waals surface area contributed by atoms with Crippen molar-refractivity contribution in [1.29, 1.82) is 5.26 Å². The highest BCUT2D eigenvalue weighted by Crippen LogP contribution is 2.45. The van der Waals surface area contributed by atoms with Crippen molar-refractivity contribution in [2.24, 2.45) is 0 Å². The normalized spacial score (nSPS) is 12.0. The zero-order chi connectivity index (χ0) is 20.6. The first kappa shape index (κ1) is 21.1. The maximum Gasteiger partial charge on any atom is 0.573 e. The van der Waals surface area contributed by atoms with Crippen LogP contribution in [0.3, 0.4) is 0 Å². The van der Waals surface area contributed by atoms with E-state index in [-0.39, 0.29) is 10.7 Å². The Morgan fingerprint density at radius 2 is 1.89 bits per heavy atom. The monoisotopic (exact) mass is 473 g/mol. The van der Waals surface area contributed by atoms with Crippen molar-refractivity contribution in [2.75, 3.05) is 6.26 Å². The molecule has 5 nitrogen and oxygen atoms in total. The molecule has 0 atom stereocenters. The van der Waals surface area contributed by atoms with E-state index < -0.39 is 45.1 Å². The van der Waals surface area contributed by atoms with Crippen LogP contribution in [0.25, 0.3) is 11.3 Å². The summed E-state index contributed by atoms with van der Waals surface area (Å²) in [6, 6.07) is 2.70. The van der Waals surface area contributed by atoms with E-state index in [1.807, 2.05) is 0 Å². The van der Waals surface area contributed by atoms with Gasteiger partial charge in [0.05, 0.1) is 15.7 Å². The Balaban J connectivity index is 2.82. The van der Waals surface area contributed by atoms with Crippen molar-refractivity contribution in [3.8, 4) is 23.1 Å². The number of benzene rings is 1. The molecule has 1 aromatic heterocycles. The van der Waals surface area contributed by atoms with Crippen molar-refractivity contribution >= 4 is 27.7 Å². The third-order valence-corrected chi connectivity index (χ3v) is 4.21. The van der Waals surface area contributed by atoms with Crippen LogP contribution in [0.1, 0.15) is 11.1 Å². The Labute approximate surface area is 159 Å². The summed E-state index contributed by atoms with van der Waals surface area (Å²) >= 11 is 3.57. The summed E-state index contributed by atoms with van der Waals surface area (Å²) < 4.78 is 80.1. The average Bonchev–Trinajstić information content (AvgIpc) is 2.53. The van der Waals surface area contributed by atoms with Gasteiger partial charge in [-0.2, -0.15) is 18.4 Å².